The Hall–Kier alpha value is -0.480. The summed E-state index contributed by atoms with van der Waals surface area (Å²) in [7, 11) is 0. The van der Waals surface area contributed by atoms with Crippen molar-refractivity contribution < 1.29 is 4.79 Å². The summed E-state index contributed by atoms with van der Waals surface area (Å²) in [4.78, 5) is 11.8. The molecule has 1 heterocycles. The molecular formula is C13H17Cl3N2O. The first-order chi connectivity index (χ1) is 8.66. The minimum Gasteiger partial charge on any atom is -0.352 e. The number of halogens is 3. The molecule has 1 aromatic carbocycles. The third kappa shape index (κ3) is 4.84. The highest BCUT2D eigenvalue weighted by molar-refractivity contribution is 6.42. The minimum atomic E-state index is -0.105. The monoisotopic (exact) mass is 322 g/mol. The third-order valence-corrected chi connectivity index (χ3v) is 3.86. The minimum absolute atomic E-state index is 0. The van der Waals surface area contributed by atoms with Crippen molar-refractivity contribution in [3.63, 3.8) is 0 Å². The van der Waals surface area contributed by atoms with Gasteiger partial charge in [-0.05, 0) is 44.0 Å². The van der Waals surface area contributed by atoms with E-state index in [2.05, 4.69) is 10.6 Å². The Morgan fingerprint density at radius 1 is 1.37 bits per heavy atom. The van der Waals surface area contributed by atoms with Crippen LogP contribution in [0.3, 0.4) is 0 Å². The van der Waals surface area contributed by atoms with Crippen molar-refractivity contribution in [2.45, 2.75) is 25.3 Å². The third-order valence-electron chi connectivity index (χ3n) is 3.12. The Kier molecular flexibility index (Phi) is 6.94. The highest BCUT2D eigenvalue weighted by atomic mass is 35.5. The molecule has 1 saturated heterocycles. The standard InChI is InChI=1S/C13H16Cl2N2O.ClH/c14-11-4-3-9(8-12(11)15)13(18)17-7-5-10-2-1-6-16-10;/h3-4,8,10,16H,1-2,5-7H2,(H,17,18);1H/t10-;/m1./s1. The SMILES string of the molecule is Cl.O=C(NCC[C@H]1CCCN1)c1ccc(Cl)c(Cl)c1. The van der Waals surface area contributed by atoms with Crippen LogP contribution >= 0.6 is 35.6 Å². The molecule has 0 saturated carbocycles. The summed E-state index contributed by atoms with van der Waals surface area (Å²) in [5.41, 5.74) is 0.545. The van der Waals surface area contributed by atoms with Crippen LogP contribution in [-0.2, 0) is 0 Å². The Morgan fingerprint density at radius 3 is 2.79 bits per heavy atom. The lowest BCUT2D eigenvalue weighted by molar-refractivity contribution is 0.0952. The molecule has 1 aliphatic heterocycles. The number of hydrogen-bond acceptors (Lipinski definition) is 2. The number of amides is 1. The number of nitrogens with one attached hydrogen (secondary N) is 2. The first-order valence-electron chi connectivity index (χ1n) is 6.13. The molecule has 2 rings (SSSR count). The van der Waals surface area contributed by atoms with Gasteiger partial charge in [-0.25, -0.2) is 0 Å². The summed E-state index contributed by atoms with van der Waals surface area (Å²) in [6, 6.07) is 5.45. The second-order valence-electron chi connectivity index (χ2n) is 4.47. The number of hydrogen-bond donors (Lipinski definition) is 2. The molecule has 2 N–H and O–H groups in total. The van der Waals surface area contributed by atoms with Gasteiger partial charge in [-0.3, -0.25) is 4.79 Å². The second-order valence-corrected chi connectivity index (χ2v) is 5.28. The largest absolute Gasteiger partial charge is 0.352 e. The molecule has 0 unspecified atom stereocenters. The number of carbonyl (C=O) groups is 1. The summed E-state index contributed by atoms with van der Waals surface area (Å²) >= 11 is 11.7. The quantitative estimate of drug-likeness (QED) is 0.893. The first kappa shape index (κ1) is 16.6. The van der Waals surface area contributed by atoms with E-state index < -0.39 is 0 Å². The van der Waals surface area contributed by atoms with Crippen molar-refractivity contribution in [2.75, 3.05) is 13.1 Å². The van der Waals surface area contributed by atoms with Crippen LogP contribution in [0.1, 0.15) is 29.6 Å². The van der Waals surface area contributed by atoms with Crippen molar-refractivity contribution in [1.29, 1.82) is 0 Å². The lowest BCUT2D eigenvalue weighted by atomic mass is 10.1. The van der Waals surface area contributed by atoms with Crippen LogP contribution in [0.15, 0.2) is 18.2 Å². The average Bonchev–Trinajstić information content (AvgIpc) is 2.85. The lowest BCUT2D eigenvalue weighted by Crippen LogP contribution is -2.30. The Morgan fingerprint density at radius 2 is 2.16 bits per heavy atom. The van der Waals surface area contributed by atoms with Gasteiger partial charge < -0.3 is 10.6 Å². The van der Waals surface area contributed by atoms with Crippen LogP contribution in [-0.4, -0.2) is 25.0 Å². The van der Waals surface area contributed by atoms with Gasteiger partial charge in [-0.2, -0.15) is 0 Å². The van der Waals surface area contributed by atoms with Crippen LogP contribution < -0.4 is 10.6 Å². The smallest absolute Gasteiger partial charge is 0.251 e. The summed E-state index contributed by atoms with van der Waals surface area (Å²) in [6.45, 7) is 1.77. The summed E-state index contributed by atoms with van der Waals surface area (Å²) in [5.74, 6) is -0.105. The Bertz CT molecular complexity index is 434. The number of rotatable bonds is 4. The molecule has 1 aliphatic rings. The van der Waals surface area contributed by atoms with Crippen molar-refractivity contribution in [3.8, 4) is 0 Å². The van der Waals surface area contributed by atoms with E-state index in [1.807, 2.05) is 0 Å². The molecule has 6 heteroatoms. The molecule has 1 atom stereocenters. The summed E-state index contributed by atoms with van der Waals surface area (Å²) < 4.78 is 0. The van der Waals surface area contributed by atoms with Crippen LogP contribution in [0.2, 0.25) is 10.0 Å². The second kappa shape index (κ2) is 7.95. The fourth-order valence-electron chi connectivity index (χ4n) is 2.10. The van der Waals surface area contributed by atoms with Crippen molar-refractivity contribution in [1.82, 2.24) is 10.6 Å². The molecule has 106 valence electrons. The highest BCUT2D eigenvalue weighted by Gasteiger charge is 2.14. The van der Waals surface area contributed by atoms with Gasteiger partial charge in [0.25, 0.3) is 5.91 Å². The van der Waals surface area contributed by atoms with Gasteiger partial charge in [-0.1, -0.05) is 23.2 Å². The van der Waals surface area contributed by atoms with Gasteiger partial charge in [0, 0.05) is 18.2 Å². The first-order valence-corrected chi connectivity index (χ1v) is 6.89. The molecule has 0 bridgehead atoms. The Labute approximate surface area is 129 Å². The van der Waals surface area contributed by atoms with Gasteiger partial charge in [0.05, 0.1) is 10.0 Å². The zero-order chi connectivity index (χ0) is 13.0. The topological polar surface area (TPSA) is 41.1 Å². The molecule has 0 aromatic heterocycles. The molecule has 1 amide bonds. The van der Waals surface area contributed by atoms with Crippen LogP contribution in [0.25, 0.3) is 0 Å². The van der Waals surface area contributed by atoms with Gasteiger partial charge in [0.2, 0.25) is 0 Å². The Balaban J connectivity index is 0.00000180. The summed E-state index contributed by atoms with van der Waals surface area (Å²) in [6.07, 6.45) is 3.39. The zero-order valence-electron chi connectivity index (χ0n) is 10.4. The van der Waals surface area contributed by atoms with E-state index in [0.29, 0.717) is 28.2 Å². The maximum atomic E-state index is 11.8. The molecule has 3 nitrogen and oxygen atoms in total. The van der Waals surface area contributed by atoms with Gasteiger partial charge in [0.15, 0.2) is 0 Å². The molecular weight excluding hydrogens is 307 g/mol. The number of carbonyl (C=O) groups excluding carboxylic acids is 1. The van der Waals surface area contributed by atoms with E-state index in [0.717, 1.165) is 13.0 Å². The predicted octanol–water partition coefficient (Wildman–Crippen LogP) is 3.29. The normalized spacial score (nSPS) is 17.9. The molecule has 0 spiro atoms. The fraction of sp³-hybridized carbons (Fsp3) is 0.462. The lowest BCUT2D eigenvalue weighted by Gasteiger charge is -2.11. The van der Waals surface area contributed by atoms with E-state index in [1.54, 1.807) is 18.2 Å². The van der Waals surface area contributed by atoms with Crippen LogP contribution in [0.4, 0.5) is 0 Å². The summed E-state index contributed by atoms with van der Waals surface area (Å²) in [5, 5.41) is 7.15. The highest BCUT2D eigenvalue weighted by Crippen LogP contribution is 2.22. The average molecular weight is 324 g/mol. The van der Waals surface area contributed by atoms with E-state index in [-0.39, 0.29) is 18.3 Å². The van der Waals surface area contributed by atoms with E-state index in [4.69, 9.17) is 23.2 Å². The zero-order valence-corrected chi connectivity index (χ0v) is 12.7. The molecule has 19 heavy (non-hydrogen) atoms. The maximum absolute atomic E-state index is 11.8. The molecule has 0 radical (unpaired) electrons. The van der Waals surface area contributed by atoms with Gasteiger partial charge in [-0.15, -0.1) is 12.4 Å². The van der Waals surface area contributed by atoms with Gasteiger partial charge in [0.1, 0.15) is 0 Å². The van der Waals surface area contributed by atoms with E-state index in [9.17, 15) is 4.79 Å². The van der Waals surface area contributed by atoms with Crippen molar-refractivity contribution in [2.24, 2.45) is 0 Å². The fourth-order valence-corrected chi connectivity index (χ4v) is 2.40. The number of benzene rings is 1. The van der Waals surface area contributed by atoms with Gasteiger partial charge >= 0.3 is 0 Å². The van der Waals surface area contributed by atoms with E-state index in [1.165, 1.54) is 12.8 Å². The van der Waals surface area contributed by atoms with Crippen molar-refractivity contribution >= 4 is 41.5 Å². The maximum Gasteiger partial charge on any atom is 0.251 e. The molecule has 1 fully saturated rings. The van der Waals surface area contributed by atoms with Crippen LogP contribution in [0.5, 0.6) is 0 Å². The molecule has 0 aliphatic carbocycles. The van der Waals surface area contributed by atoms with E-state index >= 15 is 0 Å². The van der Waals surface area contributed by atoms with Crippen molar-refractivity contribution in [3.05, 3.63) is 33.8 Å². The molecule has 1 aromatic rings. The predicted molar refractivity (Wildman–Crippen MR) is 81.7 cm³/mol. The van der Waals surface area contributed by atoms with Crippen LogP contribution in [0, 0.1) is 0 Å².